The van der Waals surface area contributed by atoms with Crippen LogP contribution in [0.3, 0.4) is 0 Å². The molecule has 6 N–H and O–H groups in total. The molecule has 0 aliphatic carbocycles. The van der Waals surface area contributed by atoms with Gasteiger partial charge in [-0.2, -0.15) is 0 Å². The maximum atomic E-state index is 9.98. The third kappa shape index (κ3) is 8.81. The van der Waals surface area contributed by atoms with E-state index in [0.717, 1.165) is 19.3 Å². The monoisotopic (exact) mass is 218 g/mol. The van der Waals surface area contributed by atoms with Crippen LogP contribution < -0.4 is 11.5 Å². The molecule has 0 saturated carbocycles. The van der Waals surface area contributed by atoms with Gasteiger partial charge in [0.1, 0.15) is 0 Å². The summed E-state index contributed by atoms with van der Waals surface area (Å²) in [5.41, 5.74) is 10.2. The zero-order valence-corrected chi connectivity index (χ0v) is 9.95. The SMILES string of the molecule is CC(N)CCCC(C)(O)CCC(O)CN. The molecule has 0 fully saturated rings. The minimum Gasteiger partial charge on any atom is -0.392 e. The fourth-order valence-electron chi connectivity index (χ4n) is 1.53. The molecule has 4 heteroatoms. The Bertz CT molecular complexity index is 161. The normalized spacial score (nSPS) is 19.6. The molecular formula is C11H26N2O2. The maximum Gasteiger partial charge on any atom is 0.0663 e. The largest absolute Gasteiger partial charge is 0.392 e. The molecule has 0 aromatic carbocycles. The van der Waals surface area contributed by atoms with Gasteiger partial charge in [0.15, 0.2) is 0 Å². The van der Waals surface area contributed by atoms with Gasteiger partial charge in [0, 0.05) is 12.6 Å². The first-order valence-corrected chi connectivity index (χ1v) is 5.73. The predicted molar refractivity (Wildman–Crippen MR) is 62.4 cm³/mol. The van der Waals surface area contributed by atoms with Gasteiger partial charge in [0.25, 0.3) is 0 Å². The lowest BCUT2D eigenvalue weighted by atomic mass is 9.91. The Morgan fingerprint density at radius 2 is 1.87 bits per heavy atom. The van der Waals surface area contributed by atoms with Crippen molar-refractivity contribution >= 4 is 0 Å². The van der Waals surface area contributed by atoms with E-state index >= 15 is 0 Å². The van der Waals surface area contributed by atoms with Gasteiger partial charge in [-0.25, -0.2) is 0 Å². The molecule has 0 heterocycles. The Balaban J connectivity index is 3.66. The van der Waals surface area contributed by atoms with Crippen LogP contribution >= 0.6 is 0 Å². The Hall–Kier alpha value is -0.160. The average molecular weight is 218 g/mol. The summed E-state index contributed by atoms with van der Waals surface area (Å²) in [6.07, 6.45) is 3.22. The van der Waals surface area contributed by atoms with Crippen molar-refractivity contribution < 1.29 is 10.2 Å². The molecule has 4 nitrogen and oxygen atoms in total. The summed E-state index contributed by atoms with van der Waals surface area (Å²) in [6, 6.07) is 0.190. The van der Waals surface area contributed by atoms with Crippen molar-refractivity contribution in [3.05, 3.63) is 0 Å². The van der Waals surface area contributed by atoms with Gasteiger partial charge in [0.2, 0.25) is 0 Å². The minimum absolute atomic E-state index is 0.190. The predicted octanol–water partition coefficient (Wildman–Crippen LogP) is 0.355. The third-order valence-corrected chi connectivity index (χ3v) is 2.66. The van der Waals surface area contributed by atoms with Crippen LogP contribution in [0.15, 0.2) is 0 Å². The van der Waals surface area contributed by atoms with Crippen LogP contribution in [0.4, 0.5) is 0 Å². The molecule has 0 aliphatic heterocycles. The second kappa shape index (κ2) is 7.17. The first kappa shape index (κ1) is 14.8. The summed E-state index contributed by atoms with van der Waals surface area (Å²) in [7, 11) is 0. The number of rotatable bonds is 8. The van der Waals surface area contributed by atoms with Gasteiger partial charge in [0.05, 0.1) is 11.7 Å². The molecule has 0 radical (unpaired) electrons. The zero-order valence-electron chi connectivity index (χ0n) is 9.95. The van der Waals surface area contributed by atoms with Gasteiger partial charge in [-0.15, -0.1) is 0 Å². The first-order chi connectivity index (χ1) is 6.87. The first-order valence-electron chi connectivity index (χ1n) is 5.73. The molecule has 0 aromatic heterocycles. The second-order valence-corrected chi connectivity index (χ2v) is 4.79. The van der Waals surface area contributed by atoms with Crippen molar-refractivity contribution in [2.75, 3.05) is 6.54 Å². The third-order valence-electron chi connectivity index (χ3n) is 2.66. The topological polar surface area (TPSA) is 92.5 Å². The van der Waals surface area contributed by atoms with E-state index in [9.17, 15) is 10.2 Å². The van der Waals surface area contributed by atoms with Crippen LogP contribution in [0.2, 0.25) is 0 Å². The molecule has 3 unspecified atom stereocenters. The summed E-state index contributed by atoms with van der Waals surface area (Å²) in [5, 5.41) is 19.3. The van der Waals surface area contributed by atoms with E-state index in [4.69, 9.17) is 11.5 Å². The van der Waals surface area contributed by atoms with E-state index in [2.05, 4.69) is 0 Å². The number of nitrogens with two attached hydrogens (primary N) is 2. The molecule has 0 saturated heterocycles. The smallest absolute Gasteiger partial charge is 0.0663 e. The van der Waals surface area contributed by atoms with Crippen molar-refractivity contribution in [2.45, 2.75) is 63.7 Å². The highest BCUT2D eigenvalue weighted by Crippen LogP contribution is 2.20. The van der Waals surface area contributed by atoms with Gasteiger partial charge in [-0.05, 0) is 46.0 Å². The van der Waals surface area contributed by atoms with Gasteiger partial charge in [-0.1, -0.05) is 0 Å². The molecule has 3 atom stereocenters. The molecule has 0 spiro atoms. The lowest BCUT2D eigenvalue weighted by molar-refractivity contribution is 0.0234. The Morgan fingerprint density at radius 3 is 2.33 bits per heavy atom. The second-order valence-electron chi connectivity index (χ2n) is 4.79. The van der Waals surface area contributed by atoms with E-state index in [-0.39, 0.29) is 12.6 Å². The summed E-state index contributed by atoms with van der Waals surface area (Å²) < 4.78 is 0. The van der Waals surface area contributed by atoms with Gasteiger partial charge in [-0.3, -0.25) is 0 Å². The number of aliphatic hydroxyl groups excluding tert-OH is 1. The van der Waals surface area contributed by atoms with E-state index in [1.165, 1.54) is 0 Å². The highest BCUT2D eigenvalue weighted by molar-refractivity contribution is 4.75. The molecule has 15 heavy (non-hydrogen) atoms. The van der Waals surface area contributed by atoms with Crippen LogP contribution in [-0.2, 0) is 0 Å². The quantitative estimate of drug-likeness (QED) is 0.473. The van der Waals surface area contributed by atoms with Gasteiger partial charge < -0.3 is 21.7 Å². The van der Waals surface area contributed by atoms with Crippen molar-refractivity contribution in [1.29, 1.82) is 0 Å². The Morgan fingerprint density at radius 1 is 1.27 bits per heavy atom. The number of hydrogen-bond donors (Lipinski definition) is 4. The minimum atomic E-state index is -0.703. The number of aliphatic hydroxyl groups is 2. The molecule has 0 rings (SSSR count). The highest BCUT2D eigenvalue weighted by Gasteiger charge is 2.20. The van der Waals surface area contributed by atoms with Crippen LogP contribution in [0.25, 0.3) is 0 Å². The summed E-state index contributed by atoms with van der Waals surface area (Å²) in [4.78, 5) is 0. The lowest BCUT2D eigenvalue weighted by Crippen LogP contribution is -2.29. The maximum absolute atomic E-state index is 9.98. The van der Waals surface area contributed by atoms with E-state index in [1.807, 2.05) is 6.92 Å². The highest BCUT2D eigenvalue weighted by atomic mass is 16.3. The van der Waals surface area contributed by atoms with Crippen molar-refractivity contribution in [3.8, 4) is 0 Å². The molecular weight excluding hydrogens is 192 g/mol. The molecule has 0 aromatic rings. The van der Waals surface area contributed by atoms with Gasteiger partial charge >= 0.3 is 0 Å². The fourth-order valence-corrected chi connectivity index (χ4v) is 1.53. The van der Waals surface area contributed by atoms with Crippen LogP contribution in [0.5, 0.6) is 0 Å². The molecule has 92 valence electrons. The Labute approximate surface area is 92.7 Å². The summed E-state index contributed by atoms with van der Waals surface area (Å²) in [6.45, 7) is 4.03. The Kier molecular flexibility index (Phi) is 7.09. The fraction of sp³-hybridized carbons (Fsp3) is 1.00. The van der Waals surface area contributed by atoms with Crippen molar-refractivity contribution in [2.24, 2.45) is 11.5 Å². The molecule has 0 aliphatic rings. The average Bonchev–Trinajstić information content (AvgIpc) is 2.13. The zero-order chi connectivity index (χ0) is 11.9. The van der Waals surface area contributed by atoms with E-state index in [0.29, 0.717) is 12.8 Å². The lowest BCUT2D eigenvalue weighted by Gasteiger charge is -2.24. The molecule has 0 bridgehead atoms. The van der Waals surface area contributed by atoms with Crippen LogP contribution in [0.1, 0.15) is 46.0 Å². The van der Waals surface area contributed by atoms with Crippen LogP contribution in [0, 0.1) is 0 Å². The van der Waals surface area contributed by atoms with E-state index < -0.39 is 11.7 Å². The molecule has 0 amide bonds. The van der Waals surface area contributed by atoms with Crippen molar-refractivity contribution in [1.82, 2.24) is 0 Å². The number of hydrogen-bond acceptors (Lipinski definition) is 4. The van der Waals surface area contributed by atoms with Crippen molar-refractivity contribution in [3.63, 3.8) is 0 Å². The summed E-state index contributed by atoms with van der Waals surface area (Å²) in [5.74, 6) is 0. The summed E-state index contributed by atoms with van der Waals surface area (Å²) >= 11 is 0. The van der Waals surface area contributed by atoms with Crippen LogP contribution in [-0.4, -0.2) is 34.5 Å². The standard InChI is InChI=1S/C11H26N2O2/c1-9(13)4-3-6-11(2,15)7-5-10(14)8-12/h9-10,14-15H,3-8,12-13H2,1-2H3. The van der Waals surface area contributed by atoms with E-state index in [1.54, 1.807) is 6.92 Å².